The van der Waals surface area contributed by atoms with E-state index in [1.165, 1.54) is 32.4 Å². The number of hydrogen-bond acceptors (Lipinski definition) is 2. The van der Waals surface area contributed by atoms with Crippen molar-refractivity contribution in [3.8, 4) is 0 Å². The number of likely N-dealkylation sites (tertiary alicyclic amines) is 1. The van der Waals surface area contributed by atoms with Crippen molar-refractivity contribution in [1.82, 2.24) is 10.2 Å². The largest absolute Gasteiger partial charge is 0.465 e. The quantitative estimate of drug-likeness (QED) is 0.743. The maximum atomic E-state index is 10.5. The Balaban J connectivity index is 1.77. The van der Waals surface area contributed by atoms with Gasteiger partial charge in [-0.2, -0.15) is 0 Å². The minimum Gasteiger partial charge on any atom is -0.465 e. The molecule has 86 valence electrons. The molecule has 1 heterocycles. The Bertz CT molecular complexity index is 233. The van der Waals surface area contributed by atoms with Crippen LogP contribution in [0.25, 0.3) is 0 Å². The van der Waals surface area contributed by atoms with Crippen molar-refractivity contribution in [1.29, 1.82) is 0 Å². The van der Waals surface area contributed by atoms with E-state index in [2.05, 4.69) is 10.2 Å². The molecule has 1 saturated heterocycles. The van der Waals surface area contributed by atoms with E-state index in [4.69, 9.17) is 5.11 Å². The third-order valence-electron chi connectivity index (χ3n) is 3.58. The fourth-order valence-corrected chi connectivity index (χ4v) is 3.11. The first-order valence-corrected chi connectivity index (χ1v) is 5.85. The molecule has 2 bridgehead atoms. The van der Waals surface area contributed by atoms with Gasteiger partial charge in [0.2, 0.25) is 0 Å². The van der Waals surface area contributed by atoms with Crippen molar-refractivity contribution < 1.29 is 9.90 Å². The maximum Gasteiger partial charge on any atom is 0.404 e. The SMILES string of the molecule is C[C@H](CN1C[C@@H]2CC[C@@H](C2)C1)NC(=O)O. The lowest BCUT2D eigenvalue weighted by atomic mass is 9.98. The van der Waals surface area contributed by atoms with Gasteiger partial charge < -0.3 is 15.3 Å². The number of carbonyl (C=O) groups is 1. The summed E-state index contributed by atoms with van der Waals surface area (Å²) in [6, 6.07) is 0.0417. The second-order valence-corrected chi connectivity index (χ2v) is 5.11. The number of amides is 1. The van der Waals surface area contributed by atoms with Gasteiger partial charge in [0.15, 0.2) is 0 Å². The van der Waals surface area contributed by atoms with E-state index in [-0.39, 0.29) is 6.04 Å². The summed E-state index contributed by atoms with van der Waals surface area (Å²) in [4.78, 5) is 12.9. The molecule has 0 radical (unpaired) electrons. The van der Waals surface area contributed by atoms with Gasteiger partial charge in [-0.25, -0.2) is 4.79 Å². The van der Waals surface area contributed by atoms with E-state index < -0.39 is 6.09 Å². The van der Waals surface area contributed by atoms with Gasteiger partial charge in [0.1, 0.15) is 0 Å². The first-order valence-electron chi connectivity index (χ1n) is 5.85. The topological polar surface area (TPSA) is 52.6 Å². The highest BCUT2D eigenvalue weighted by Gasteiger charge is 2.33. The molecule has 1 amide bonds. The van der Waals surface area contributed by atoms with Crippen LogP contribution in [0, 0.1) is 11.8 Å². The molecule has 1 aliphatic heterocycles. The molecule has 1 aliphatic carbocycles. The molecule has 15 heavy (non-hydrogen) atoms. The summed E-state index contributed by atoms with van der Waals surface area (Å²) in [5.41, 5.74) is 0. The van der Waals surface area contributed by atoms with Gasteiger partial charge in [-0.05, 0) is 38.0 Å². The number of piperidine rings is 1. The molecule has 4 heteroatoms. The van der Waals surface area contributed by atoms with Crippen LogP contribution >= 0.6 is 0 Å². The Morgan fingerprint density at radius 1 is 1.47 bits per heavy atom. The average molecular weight is 212 g/mol. The fourth-order valence-electron chi connectivity index (χ4n) is 3.11. The summed E-state index contributed by atoms with van der Waals surface area (Å²) < 4.78 is 0. The molecular formula is C11H20N2O2. The monoisotopic (exact) mass is 212 g/mol. The summed E-state index contributed by atoms with van der Waals surface area (Å²) in [5.74, 6) is 1.75. The average Bonchev–Trinajstić information content (AvgIpc) is 2.44. The highest BCUT2D eigenvalue weighted by molar-refractivity contribution is 5.64. The Hall–Kier alpha value is -0.770. The Labute approximate surface area is 90.6 Å². The van der Waals surface area contributed by atoms with Crippen molar-refractivity contribution in [3.05, 3.63) is 0 Å². The first kappa shape index (κ1) is 10.7. The van der Waals surface area contributed by atoms with Crippen LogP contribution in [0.4, 0.5) is 4.79 Å². The van der Waals surface area contributed by atoms with E-state index in [0.717, 1.165) is 18.4 Å². The van der Waals surface area contributed by atoms with Gasteiger partial charge in [0, 0.05) is 25.7 Å². The molecular weight excluding hydrogens is 192 g/mol. The van der Waals surface area contributed by atoms with Gasteiger partial charge >= 0.3 is 6.09 Å². The molecule has 0 spiro atoms. The van der Waals surface area contributed by atoms with Crippen molar-refractivity contribution in [3.63, 3.8) is 0 Å². The molecule has 0 unspecified atom stereocenters. The zero-order chi connectivity index (χ0) is 10.8. The summed E-state index contributed by atoms with van der Waals surface area (Å²) in [7, 11) is 0. The van der Waals surface area contributed by atoms with Gasteiger partial charge in [0.25, 0.3) is 0 Å². The van der Waals surface area contributed by atoms with Crippen LogP contribution in [0.5, 0.6) is 0 Å². The smallest absolute Gasteiger partial charge is 0.404 e. The minimum absolute atomic E-state index is 0.0417. The van der Waals surface area contributed by atoms with Crippen LogP contribution in [0.1, 0.15) is 26.2 Å². The number of fused-ring (bicyclic) bond motifs is 2. The van der Waals surface area contributed by atoms with E-state index in [1.807, 2.05) is 6.92 Å². The van der Waals surface area contributed by atoms with E-state index in [9.17, 15) is 4.79 Å². The normalized spacial score (nSPS) is 32.6. The van der Waals surface area contributed by atoms with Crippen LogP contribution < -0.4 is 5.32 Å². The van der Waals surface area contributed by atoms with E-state index in [1.54, 1.807) is 0 Å². The van der Waals surface area contributed by atoms with Crippen LogP contribution in [-0.4, -0.2) is 41.8 Å². The predicted molar refractivity (Wildman–Crippen MR) is 57.9 cm³/mol. The van der Waals surface area contributed by atoms with Gasteiger partial charge in [-0.15, -0.1) is 0 Å². The molecule has 2 rings (SSSR count). The lowest BCUT2D eigenvalue weighted by molar-refractivity contribution is 0.149. The number of carboxylic acid groups (broad SMARTS) is 1. The lowest BCUT2D eigenvalue weighted by Gasteiger charge is -2.33. The van der Waals surface area contributed by atoms with Gasteiger partial charge in [-0.3, -0.25) is 0 Å². The third kappa shape index (κ3) is 2.84. The highest BCUT2D eigenvalue weighted by atomic mass is 16.4. The fraction of sp³-hybridized carbons (Fsp3) is 0.909. The van der Waals surface area contributed by atoms with Crippen molar-refractivity contribution >= 4 is 6.09 Å². The second kappa shape index (κ2) is 4.39. The molecule has 0 aromatic heterocycles. The molecule has 4 nitrogen and oxygen atoms in total. The molecule has 0 aromatic rings. The zero-order valence-corrected chi connectivity index (χ0v) is 9.28. The van der Waals surface area contributed by atoms with Crippen molar-refractivity contribution in [2.24, 2.45) is 11.8 Å². The Kier molecular flexibility index (Phi) is 3.14. The van der Waals surface area contributed by atoms with Gasteiger partial charge in [-0.1, -0.05) is 0 Å². The molecule has 3 atom stereocenters. The van der Waals surface area contributed by atoms with Crippen LogP contribution in [-0.2, 0) is 0 Å². The highest BCUT2D eigenvalue weighted by Crippen LogP contribution is 2.36. The van der Waals surface area contributed by atoms with Gasteiger partial charge in [0.05, 0.1) is 0 Å². The molecule has 2 aliphatic rings. The summed E-state index contributed by atoms with van der Waals surface area (Å²) in [6.45, 7) is 5.13. The number of hydrogen-bond donors (Lipinski definition) is 2. The second-order valence-electron chi connectivity index (χ2n) is 5.11. The minimum atomic E-state index is -0.914. The molecule has 2 N–H and O–H groups in total. The zero-order valence-electron chi connectivity index (χ0n) is 9.28. The first-order chi connectivity index (χ1) is 7.13. The number of nitrogens with one attached hydrogen (secondary N) is 1. The van der Waals surface area contributed by atoms with E-state index in [0.29, 0.717) is 0 Å². The standard InChI is InChI=1S/C11H20N2O2/c1-8(12-11(14)15)5-13-6-9-2-3-10(4-9)7-13/h8-10,12H,2-7H2,1H3,(H,14,15)/t8-,9-,10+/m1/s1. The molecule has 2 fully saturated rings. The van der Waals surface area contributed by atoms with Crippen molar-refractivity contribution in [2.75, 3.05) is 19.6 Å². The number of rotatable bonds is 3. The number of nitrogens with zero attached hydrogens (tertiary/aromatic N) is 1. The third-order valence-corrected chi connectivity index (χ3v) is 3.58. The summed E-state index contributed by atoms with van der Waals surface area (Å²) in [5, 5.41) is 11.1. The van der Waals surface area contributed by atoms with Crippen LogP contribution in [0.15, 0.2) is 0 Å². The van der Waals surface area contributed by atoms with Crippen LogP contribution in [0.3, 0.4) is 0 Å². The Morgan fingerprint density at radius 2 is 2.07 bits per heavy atom. The summed E-state index contributed by atoms with van der Waals surface area (Å²) in [6.07, 6.45) is 3.24. The predicted octanol–water partition coefficient (Wildman–Crippen LogP) is 1.37. The lowest BCUT2D eigenvalue weighted by Crippen LogP contribution is -2.45. The van der Waals surface area contributed by atoms with E-state index >= 15 is 0 Å². The molecule has 0 aromatic carbocycles. The molecule has 1 saturated carbocycles. The summed E-state index contributed by atoms with van der Waals surface area (Å²) >= 11 is 0. The van der Waals surface area contributed by atoms with Crippen LogP contribution in [0.2, 0.25) is 0 Å². The van der Waals surface area contributed by atoms with Crippen molar-refractivity contribution in [2.45, 2.75) is 32.2 Å². The Morgan fingerprint density at radius 3 is 2.60 bits per heavy atom. The maximum absolute atomic E-state index is 10.5.